The van der Waals surface area contributed by atoms with Gasteiger partial charge in [0.25, 0.3) is 0 Å². The minimum atomic E-state index is 0.907. The van der Waals surface area contributed by atoms with E-state index in [4.69, 9.17) is 4.98 Å². The van der Waals surface area contributed by atoms with Crippen molar-refractivity contribution in [1.29, 1.82) is 0 Å². The standard InChI is InChI=1S/C59H40N4/c1-33-24-26-51-47(28-33)42-20-10-6-16-38(42)40-18-7-11-21-43(40)48-29-34(2)30-50-46-25-27-52-54(58(46)62(51)56(48)50)60-59-61(52)53-32-35(3)31-49-44-22-12-8-17-39(44)37-15-5-9-19-41(37)45-23-13-14-36(4)55(45)63(59)57(49)53/h5-32H,1-4H3. The van der Waals surface area contributed by atoms with Crippen LogP contribution in [0.3, 0.4) is 0 Å². The molecule has 14 rings (SSSR count). The van der Waals surface area contributed by atoms with Crippen LogP contribution in [-0.2, 0) is 0 Å². The van der Waals surface area contributed by atoms with Gasteiger partial charge in [0.2, 0.25) is 5.78 Å². The lowest BCUT2D eigenvalue weighted by molar-refractivity contribution is 1.20. The predicted molar refractivity (Wildman–Crippen MR) is 269 cm³/mol. The molecule has 5 heterocycles. The van der Waals surface area contributed by atoms with E-state index >= 15 is 0 Å². The largest absolute Gasteiger partial charge is 0.306 e. The Kier molecular flexibility index (Phi) is 6.80. The molecule has 0 saturated heterocycles. The molecule has 14 aromatic rings. The van der Waals surface area contributed by atoms with E-state index in [0.717, 1.165) is 38.9 Å². The van der Waals surface area contributed by atoms with Crippen molar-refractivity contribution in [1.82, 2.24) is 18.2 Å². The average Bonchev–Trinajstić information content (AvgIpc) is 3.96. The molecular formula is C59H40N4. The summed E-state index contributed by atoms with van der Waals surface area (Å²) in [4.78, 5) is 5.95. The number of nitrogens with zero attached hydrogens (tertiary/aromatic N) is 4. The lowest BCUT2D eigenvalue weighted by Crippen LogP contribution is -1.91. The van der Waals surface area contributed by atoms with Crippen molar-refractivity contribution >= 4 is 125 Å². The van der Waals surface area contributed by atoms with Gasteiger partial charge in [-0.25, -0.2) is 4.98 Å². The molecule has 0 radical (unpaired) electrons. The Balaban J connectivity index is 1.33. The Morgan fingerprint density at radius 1 is 0.286 bits per heavy atom. The summed E-state index contributed by atoms with van der Waals surface area (Å²) in [5.74, 6) is 0.907. The smallest absolute Gasteiger partial charge is 0.220 e. The van der Waals surface area contributed by atoms with Gasteiger partial charge in [-0.05, 0) is 136 Å². The highest BCUT2D eigenvalue weighted by Gasteiger charge is 2.24. The monoisotopic (exact) mass is 804 g/mol. The third-order valence-corrected chi connectivity index (χ3v) is 14.0. The fourth-order valence-corrected chi connectivity index (χ4v) is 11.5. The predicted octanol–water partition coefficient (Wildman–Crippen LogP) is 15.7. The van der Waals surface area contributed by atoms with Gasteiger partial charge in [0.05, 0.1) is 38.6 Å². The molecule has 5 aromatic heterocycles. The van der Waals surface area contributed by atoms with Crippen molar-refractivity contribution in [3.05, 3.63) is 192 Å². The van der Waals surface area contributed by atoms with Crippen LogP contribution in [0.25, 0.3) is 125 Å². The molecule has 0 fully saturated rings. The molecule has 0 aliphatic heterocycles. The van der Waals surface area contributed by atoms with Crippen LogP contribution < -0.4 is 0 Å². The van der Waals surface area contributed by atoms with E-state index in [1.54, 1.807) is 0 Å². The molecule has 0 atom stereocenters. The Morgan fingerprint density at radius 3 is 1.37 bits per heavy atom. The minimum absolute atomic E-state index is 0.907. The molecule has 63 heavy (non-hydrogen) atoms. The number of rotatable bonds is 0. The van der Waals surface area contributed by atoms with Gasteiger partial charge >= 0.3 is 0 Å². The maximum atomic E-state index is 5.95. The van der Waals surface area contributed by atoms with Gasteiger partial charge < -0.3 is 4.40 Å². The number of imidazole rings is 2. The van der Waals surface area contributed by atoms with Crippen LogP contribution in [-0.4, -0.2) is 18.2 Å². The van der Waals surface area contributed by atoms with Crippen molar-refractivity contribution in [2.45, 2.75) is 27.7 Å². The molecule has 0 aliphatic rings. The zero-order valence-corrected chi connectivity index (χ0v) is 35.5. The minimum Gasteiger partial charge on any atom is -0.306 e. The van der Waals surface area contributed by atoms with Crippen molar-refractivity contribution in [2.24, 2.45) is 0 Å². The van der Waals surface area contributed by atoms with Crippen molar-refractivity contribution in [2.75, 3.05) is 0 Å². The zero-order chi connectivity index (χ0) is 41.8. The lowest BCUT2D eigenvalue weighted by atomic mass is 9.99. The molecule has 296 valence electrons. The number of hydrogen-bond acceptors (Lipinski definition) is 1. The number of fused-ring (bicyclic) bond motifs is 23. The molecule has 0 unspecified atom stereocenters. The van der Waals surface area contributed by atoms with E-state index in [9.17, 15) is 0 Å². The average molecular weight is 805 g/mol. The van der Waals surface area contributed by atoms with E-state index in [-0.39, 0.29) is 0 Å². The SMILES string of the molecule is Cc1ccc2c(c1)c1ccccc1c1ccccc1c1cc(C)cc3c4ccc5c(nc6n5c5cc(C)cc7c8ccccc8c8ccccc8c8cccc(C)c8n6c75)c4n2c13. The lowest BCUT2D eigenvalue weighted by Gasteiger charge is -2.07. The van der Waals surface area contributed by atoms with Crippen LogP contribution >= 0.6 is 0 Å². The van der Waals surface area contributed by atoms with Gasteiger partial charge in [-0.3, -0.25) is 8.80 Å². The fourth-order valence-electron chi connectivity index (χ4n) is 11.5. The zero-order valence-electron chi connectivity index (χ0n) is 35.5. The summed E-state index contributed by atoms with van der Waals surface area (Å²) in [6.45, 7) is 8.93. The first-order valence-corrected chi connectivity index (χ1v) is 22.0. The van der Waals surface area contributed by atoms with Crippen molar-refractivity contribution in [3.8, 4) is 0 Å². The summed E-state index contributed by atoms with van der Waals surface area (Å²) in [6, 6.07) is 63.7. The van der Waals surface area contributed by atoms with Gasteiger partial charge in [0, 0.05) is 32.3 Å². The van der Waals surface area contributed by atoms with E-state index in [1.807, 2.05) is 0 Å². The number of para-hydroxylation sites is 1. The van der Waals surface area contributed by atoms with Crippen molar-refractivity contribution in [3.63, 3.8) is 0 Å². The maximum absolute atomic E-state index is 5.95. The van der Waals surface area contributed by atoms with Gasteiger partial charge in [-0.15, -0.1) is 0 Å². The third kappa shape index (κ3) is 4.52. The molecule has 0 amide bonds. The highest BCUT2D eigenvalue weighted by molar-refractivity contribution is 6.28. The molecule has 0 aliphatic carbocycles. The van der Waals surface area contributed by atoms with Crippen LogP contribution in [0.4, 0.5) is 0 Å². The van der Waals surface area contributed by atoms with Crippen LogP contribution in [0.5, 0.6) is 0 Å². The van der Waals surface area contributed by atoms with Gasteiger partial charge in [0.15, 0.2) is 0 Å². The fraction of sp³-hybridized carbons (Fsp3) is 0.0678. The summed E-state index contributed by atoms with van der Waals surface area (Å²) in [6.07, 6.45) is 0. The number of hydrogen-bond donors (Lipinski definition) is 0. The Bertz CT molecular complexity index is 4480. The molecule has 0 bridgehead atoms. The van der Waals surface area contributed by atoms with Gasteiger partial charge in [-0.1, -0.05) is 127 Å². The Morgan fingerprint density at radius 2 is 0.746 bits per heavy atom. The normalized spacial score (nSPS) is 12.4. The molecule has 4 nitrogen and oxygen atoms in total. The van der Waals surface area contributed by atoms with E-state index in [0.29, 0.717) is 0 Å². The molecule has 4 heteroatoms. The number of aromatic nitrogens is 4. The second-order valence-corrected chi connectivity index (χ2v) is 17.8. The summed E-state index contributed by atoms with van der Waals surface area (Å²) in [5.41, 5.74) is 13.9. The Hall–Kier alpha value is -7.95. The van der Waals surface area contributed by atoms with Crippen LogP contribution in [0.2, 0.25) is 0 Å². The molecule has 0 N–H and O–H groups in total. The number of benzene rings is 9. The van der Waals surface area contributed by atoms with E-state index < -0.39 is 0 Å². The first kappa shape index (κ1) is 34.7. The molecule has 9 aromatic carbocycles. The number of aryl methyl sites for hydroxylation is 4. The second-order valence-electron chi connectivity index (χ2n) is 17.8. The summed E-state index contributed by atoms with van der Waals surface area (Å²) in [5, 5.41) is 17.1. The van der Waals surface area contributed by atoms with Crippen molar-refractivity contribution < 1.29 is 0 Å². The summed E-state index contributed by atoms with van der Waals surface area (Å²) >= 11 is 0. The molecular weight excluding hydrogens is 765 g/mol. The topological polar surface area (TPSA) is 26.1 Å². The summed E-state index contributed by atoms with van der Waals surface area (Å²) in [7, 11) is 0. The maximum Gasteiger partial charge on any atom is 0.220 e. The van der Waals surface area contributed by atoms with Crippen LogP contribution in [0.1, 0.15) is 22.3 Å². The van der Waals surface area contributed by atoms with Gasteiger partial charge in [0.1, 0.15) is 5.52 Å². The quantitative estimate of drug-likeness (QED) is 0.150. The first-order valence-electron chi connectivity index (χ1n) is 22.0. The van der Waals surface area contributed by atoms with Gasteiger partial charge in [-0.2, -0.15) is 0 Å². The third-order valence-electron chi connectivity index (χ3n) is 14.0. The Labute approximate surface area is 361 Å². The second kappa shape index (κ2) is 12.3. The molecule has 0 spiro atoms. The van der Waals surface area contributed by atoms with Crippen LogP contribution in [0, 0.1) is 27.7 Å². The first-order chi connectivity index (χ1) is 30.9. The van der Waals surface area contributed by atoms with E-state index in [1.165, 1.54) is 109 Å². The summed E-state index contributed by atoms with van der Waals surface area (Å²) < 4.78 is 7.49. The van der Waals surface area contributed by atoms with E-state index in [2.05, 4.69) is 211 Å². The highest BCUT2D eigenvalue weighted by Crippen LogP contribution is 2.44. The highest BCUT2D eigenvalue weighted by atomic mass is 15.2. The molecule has 0 saturated carbocycles. The van der Waals surface area contributed by atoms with Crippen LogP contribution in [0.15, 0.2) is 170 Å².